The Kier molecular flexibility index (Phi) is 5.00. The summed E-state index contributed by atoms with van der Waals surface area (Å²) < 4.78 is 0. The number of anilines is 1. The molecule has 0 spiro atoms. The molecule has 0 aliphatic carbocycles. The lowest BCUT2D eigenvalue weighted by Gasteiger charge is -2.37. The highest BCUT2D eigenvalue weighted by molar-refractivity contribution is 6.30. The number of hydrogen-bond donors (Lipinski definition) is 0. The number of likely N-dealkylation sites (tertiary alicyclic amines) is 1. The van der Waals surface area contributed by atoms with Gasteiger partial charge in [-0.25, -0.2) is 9.97 Å². The first-order chi connectivity index (χ1) is 11.5. The molecule has 6 heteroatoms. The van der Waals surface area contributed by atoms with E-state index in [1.165, 1.54) is 0 Å². The van der Waals surface area contributed by atoms with Crippen LogP contribution in [0.1, 0.15) is 28.9 Å². The Labute approximate surface area is 147 Å². The summed E-state index contributed by atoms with van der Waals surface area (Å²) in [4.78, 5) is 25.2. The van der Waals surface area contributed by atoms with Crippen LogP contribution in [0, 0.1) is 6.92 Å². The van der Waals surface area contributed by atoms with E-state index in [1.807, 2.05) is 30.0 Å². The summed E-state index contributed by atoms with van der Waals surface area (Å²) in [7, 11) is 2.06. The zero-order valence-electron chi connectivity index (χ0n) is 13.9. The van der Waals surface area contributed by atoms with Crippen LogP contribution in [0.2, 0.25) is 5.02 Å². The molecule has 24 heavy (non-hydrogen) atoms. The summed E-state index contributed by atoms with van der Waals surface area (Å²) in [6.07, 6.45) is 3.44. The van der Waals surface area contributed by atoms with Crippen LogP contribution in [-0.4, -0.2) is 47.0 Å². The number of halogens is 1. The van der Waals surface area contributed by atoms with Crippen molar-refractivity contribution in [2.75, 3.05) is 25.0 Å². The molecule has 1 aromatic carbocycles. The van der Waals surface area contributed by atoms with Gasteiger partial charge in [0.25, 0.3) is 5.91 Å². The number of aromatic nitrogens is 2. The predicted molar refractivity (Wildman–Crippen MR) is 95.5 cm³/mol. The third kappa shape index (κ3) is 3.67. The zero-order chi connectivity index (χ0) is 17.1. The Bertz CT molecular complexity index is 728. The van der Waals surface area contributed by atoms with E-state index in [0.717, 1.165) is 37.4 Å². The van der Waals surface area contributed by atoms with Crippen molar-refractivity contribution in [3.8, 4) is 0 Å². The molecule has 1 fully saturated rings. The molecule has 1 amide bonds. The Morgan fingerprint density at radius 1 is 1.25 bits per heavy atom. The van der Waals surface area contributed by atoms with E-state index < -0.39 is 0 Å². The Morgan fingerprint density at radius 3 is 2.67 bits per heavy atom. The molecule has 5 nitrogen and oxygen atoms in total. The third-order valence-electron chi connectivity index (χ3n) is 4.52. The average Bonchev–Trinajstić information content (AvgIpc) is 2.60. The molecule has 2 heterocycles. The summed E-state index contributed by atoms with van der Waals surface area (Å²) in [6.45, 7) is 3.44. The van der Waals surface area contributed by atoms with Crippen molar-refractivity contribution >= 4 is 23.3 Å². The number of benzene rings is 1. The maximum atomic E-state index is 12.6. The molecule has 0 bridgehead atoms. The summed E-state index contributed by atoms with van der Waals surface area (Å²) in [6, 6.07) is 9.50. The molecule has 1 aliphatic heterocycles. The lowest BCUT2D eigenvalue weighted by atomic mass is 10.0. The molecule has 0 atom stereocenters. The molecule has 0 saturated carbocycles. The first kappa shape index (κ1) is 16.7. The first-order valence-corrected chi connectivity index (χ1v) is 8.48. The fraction of sp³-hybridized carbons (Fsp3) is 0.389. The predicted octanol–water partition coefficient (Wildman–Crippen LogP) is 3.18. The minimum Gasteiger partial charge on any atom is -0.356 e. The number of nitrogens with zero attached hydrogens (tertiary/aromatic N) is 4. The van der Waals surface area contributed by atoms with Gasteiger partial charge in [-0.3, -0.25) is 4.79 Å². The van der Waals surface area contributed by atoms with Crippen molar-refractivity contribution in [3.63, 3.8) is 0 Å². The van der Waals surface area contributed by atoms with Crippen LogP contribution in [0.3, 0.4) is 0 Å². The molecule has 1 aromatic heterocycles. The van der Waals surface area contributed by atoms with Crippen molar-refractivity contribution in [2.45, 2.75) is 25.8 Å². The standard InChI is InChI=1S/C18H21ClN4O/c1-13-10-17(21-12-20-13)22(2)16-6-8-23(9-7-16)18(24)14-4-3-5-15(19)11-14/h3-5,10-12,16H,6-9H2,1-2H3. The monoisotopic (exact) mass is 344 g/mol. The van der Waals surface area contributed by atoms with Gasteiger partial charge in [0.1, 0.15) is 12.1 Å². The highest BCUT2D eigenvalue weighted by Gasteiger charge is 2.26. The quantitative estimate of drug-likeness (QED) is 0.858. The van der Waals surface area contributed by atoms with Crippen LogP contribution in [-0.2, 0) is 0 Å². The minimum absolute atomic E-state index is 0.0523. The van der Waals surface area contributed by atoms with Crippen LogP contribution in [0.25, 0.3) is 0 Å². The van der Waals surface area contributed by atoms with E-state index >= 15 is 0 Å². The second-order valence-electron chi connectivity index (χ2n) is 6.16. The molecule has 0 N–H and O–H groups in total. The van der Waals surface area contributed by atoms with Gasteiger partial charge in [-0.1, -0.05) is 17.7 Å². The first-order valence-electron chi connectivity index (χ1n) is 8.11. The smallest absolute Gasteiger partial charge is 0.253 e. The normalized spacial score (nSPS) is 15.4. The van der Waals surface area contributed by atoms with E-state index in [0.29, 0.717) is 16.6 Å². The van der Waals surface area contributed by atoms with Gasteiger partial charge in [0.15, 0.2) is 0 Å². The highest BCUT2D eigenvalue weighted by Crippen LogP contribution is 2.22. The molecule has 126 valence electrons. The van der Waals surface area contributed by atoms with Crippen molar-refractivity contribution in [3.05, 3.63) is 52.9 Å². The van der Waals surface area contributed by atoms with Crippen LogP contribution in [0.15, 0.2) is 36.7 Å². The lowest BCUT2D eigenvalue weighted by molar-refractivity contribution is 0.0713. The number of hydrogen-bond acceptors (Lipinski definition) is 4. The lowest BCUT2D eigenvalue weighted by Crippen LogP contribution is -2.45. The van der Waals surface area contributed by atoms with Crippen LogP contribution < -0.4 is 4.90 Å². The number of aryl methyl sites for hydroxylation is 1. The Morgan fingerprint density at radius 2 is 2.00 bits per heavy atom. The maximum Gasteiger partial charge on any atom is 0.253 e. The molecule has 2 aromatic rings. The zero-order valence-corrected chi connectivity index (χ0v) is 14.7. The second kappa shape index (κ2) is 7.18. The molecule has 3 rings (SSSR count). The van der Waals surface area contributed by atoms with Gasteiger partial charge in [-0.15, -0.1) is 0 Å². The molecule has 0 radical (unpaired) electrons. The number of rotatable bonds is 3. The van der Waals surface area contributed by atoms with Gasteiger partial charge in [0.05, 0.1) is 0 Å². The van der Waals surface area contributed by atoms with Crippen molar-refractivity contribution in [1.29, 1.82) is 0 Å². The molecular weight excluding hydrogens is 324 g/mol. The summed E-state index contributed by atoms with van der Waals surface area (Å²) in [5.74, 6) is 0.985. The van der Waals surface area contributed by atoms with Gasteiger partial charge < -0.3 is 9.80 Å². The SMILES string of the molecule is Cc1cc(N(C)C2CCN(C(=O)c3cccc(Cl)c3)CC2)ncn1. The average molecular weight is 345 g/mol. The Hall–Kier alpha value is -2.14. The van der Waals surface area contributed by atoms with Gasteiger partial charge in [0, 0.05) is 48.5 Å². The number of amides is 1. The molecular formula is C18H21ClN4O. The van der Waals surface area contributed by atoms with Gasteiger partial charge in [0.2, 0.25) is 0 Å². The molecule has 1 saturated heterocycles. The van der Waals surface area contributed by atoms with Crippen molar-refractivity contribution in [1.82, 2.24) is 14.9 Å². The third-order valence-corrected chi connectivity index (χ3v) is 4.76. The maximum absolute atomic E-state index is 12.6. The second-order valence-corrected chi connectivity index (χ2v) is 6.60. The van der Waals surface area contributed by atoms with Crippen LogP contribution >= 0.6 is 11.6 Å². The Balaban J connectivity index is 1.62. The fourth-order valence-electron chi connectivity index (χ4n) is 3.08. The largest absolute Gasteiger partial charge is 0.356 e. The van der Waals surface area contributed by atoms with E-state index in [4.69, 9.17) is 11.6 Å². The molecule has 0 unspecified atom stereocenters. The summed E-state index contributed by atoms with van der Waals surface area (Å²) >= 11 is 5.98. The van der Waals surface area contributed by atoms with Crippen LogP contribution in [0.4, 0.5) is 5.82 Å². The van der Waals surface area contributed by atoms with Gasteiger partial charge in [-0.05, 0) is 38.0 Å². The highest BCUT2D eigenvalue weighted by atomic mass is 35.5. The van der Waals surface area contributed by atoms with E-state index in [1.54, 1.807) is 18.5 Å². The van der Waals surface area contributed by atoms with E-state index in [9.17, 15) is 4.79 Å². The van der Waals surface area contributed by atoms with E-state index in [-0.39, 0.29) is 5.91 Å². The van der Waals surface area contributed by atoms with Crippen molar-refractivity contribution in [2.24, 2.45) is 0 Å². The van der Waals surface area contributed by atoms with Gasteiger partial charge >= 0.3 is 0 Å². The number of carbonyl (C=O) groups is 1. The number of carbonyl (C=O) groups excluding carboxylic acids is 1. The fourth-order valence-corrected chi connectivity index (χ4v) is 3.27. The summed E-state index contributed by atoms with van der Waals surface area (Å²) in [5, 5.41) is 0.592. The summed E-state index contributed by atoms with van der Waals surface area (Å²) in [5.41, 5.74) is 1.61. The van der Waals surface area contributed by atoms with Crippen molar-refractivity contribution < 1.29 is 4.79 Å². The van der Waals surface area contributed by atoms with E-state index in [2.05, 4.69) is 21.9 Å². The topological polar surface area (TPSA) is 49.3 Å². The van der Waals surface area contributed by atoms with Gasteiger partial charge in [-0.2, -0.15) is 0 Å². The number of piperidine rings is 1. The molecule has 1 aliphatic rings. The van der Waals surface area contributed by atoms with Crippen LogP contribution in [0.5, 0.6) is 0 Å². The minimum atomic E-state index is 0.0523.